The number of β-amino-alcohol motifs (C(OH)–C–C–N with tert-alkyl or cyclic N) is 1. The van der Waals surface area contributed by atoms with Crippen LogP contribution in [0, 0.1) is 23.2 Å². The highest BCUT2D eigenvalue weighted by Crippen LogP contribution is 2.57. The number of rotatable bonds is 7. The maximum atomic E-state index is 10.4. The maximum Gasteiger partial charge on any atom is 0.0898 e. The van der Waals surface area contributed by atoms with Gasteiger partial charge in [-0.2, -0.15) is 0 Å². The van der Waals surface area contributed by atoms with Crippen molar-refractivity contribution >= 4 is 0 Å². The summed E-state index contributed by atoms with van der Waals surface area (Å²) in [5.41, 5.74) is 0.438. The largest absolute Gasteiger partial charge is 0.389 e. The Hall–Kier alpha value is -0.120. The second kappa shape index (κ2) is 6.55. The summed E-state index contributed by atoms with van der Waals surface area (Å²) < 4.78 is 6.38. The molecule has 0 heterocycles. The fourth-order valence-corrected chi connectivity index (χ4v) is 6.32. The van der Waals surface area contributed by atoms with Gasteiger partial charge in [-0.25, -0.2) is 0 Å². The molecule has 1 atom stereocenters. The first-order valence-corrected chi connectivity index (χ1v) is 10.1. The van der Waals surface area contributed by atoms with Crippen LogP contribution in [0.3, 0.4) is 0 Å². The number of ether oxygens (including phenoxy) is 1. The fraction of sp³-hybridized carbons (Fsp3) is 1.00. The van der Waals surface area contributed by atoms with E-state index in [-0.39, 0.29) is 16.6 Å². The normalized spacial score (nSPS) is 37.0. The van der Waals surface area contributed by atoms with Crippen LogP contribution in [0.2, 0.25) is 0 Å². The summed E-state index contributed by atoms with van der Waals surface area (Å²) in [6.45, 7) is 12.4. The summed E-state index contributed by atoms with van der Waals surface area (Å²) in [5, 5.41) is 14.0. The predicted octanol–water partition coefficient (Wildman–Crippen LogP) is 4.14. The third kappa shape index (κ3) is 4.74. The Bertz CT molecular complexity index is 402. The van der Waals surface area contributed by atoms with Crippen molar-refractivity contribution < 1.29 is 9.84 Å². The molecule has 4 fully saturated rings. The minimum Gasteiger partial charge on any atom is -0.389 e. The molecule has 0 amide bonds. The van der Waals surface area contributed by atoms with E-state index < -0.39 is 6.10 Å². The van der Waals surface area contributed by atoms with Crippen molar-refractivity contribution in [1.29, 1.82) is 0 Å². The molecule has 3 heteroatoms. The Morgan fingerprint density at radius 1 is 1.00 bits per heavy atom. The van der Waals surface area contributed by atoms with Gasteiger partial charge in [0.25, 0.3) is 0 Å². The quantitative estimate of drug-likeness (QED) is 0.734. The molecule has 0 radical (unpaired) electrons. The number of hydrogen-bond donors (Lipinski definition) is 2. The maximum absolute atomic E-state index is 10.4. The third-order valence-corrected chi connectivity index (χ3v) is 6.35. The molecule has 24 heavy (non-hydrogen) atoms. The van der Waals surface area contributed by atoms with Gasteiger partial charge in [0.05, 0.1) is 18.3 Å². The molecule has 0 aromatic carbocycles. The van der Waals surface area contributed by atoms with E-state index in [9.17, 15) is 5.11 Å². The van der Waals surface area contributed by atoms with Crippen molar-refractivity contribution in [3.05, 3.63) is 0 Å². The molecule has 4 bridgehead atoms. The van der Waals surface area contributed by atoms with Crippen molar-refractivity contribution in [2.75, 3.05) is 13.2 Å². The molecule has 4 aliphatic carbocycles. The van der Waals surface area contributed by atoms with Gasteiger partial charge in [-0.15, -0.1) is 0 Å². The van der Waals surface area contributed by atoms with E-state index in [0.29, 0.717) is 13.2 Å². The van der Waals surface area contributed by atoms with E-state index >= 15 is 0 Å². The van der Waals surface area contributed by atoms with Gasteiger partial charge in [-0.05, 0) is 82.0 Å². The number of aliphatic hydroxyl groups is 1. The first kappa shape index (κ1) is 18.7. The van der Waals surface area contributed by atoms with E-state index in [1.807, 2.05) is 0 Å². The highest BCUT2D eigenvalue weighted by molar-refractivity contribution is 5.03. The lowest BCUT2D eigenvalue weighted by Gasteiger charge is -2.56. The van der Waals surface area contributed by atoms with Gasteiger partial charge in [-0.3, -0.25) is 0 Å². The lowest BCUT2D eigenvalue weighted by atomic mass is 9.54. The monoisotopic (exact) mass is 337 g/mol. The van der Waals surface area contributed by atoms with Crippen LogP contribution in [0.5, 0.6) is 0 Å². The average molecular weight is 338 g/mol. The first-order valence-electron chi connectivity index (χ1n) is 10.1. The third-order valence-electron chi connectivity index (χ3n) is 6.35. The summed E-state index contributed by atoms with van der Waals surface area (Å²) in [7, 11) is 0. The molecule has 0 spiro atoms. The fourth-order valence-electron chi connectivity index (χ4n) is 6.32. The number of aliphatic hydroxyl groups excluding tert-OH is 1. The smallest absolute Gasteiger partial charge is 0.0898 e. The number of nitrogens with one attached hydrogen (secondary N) is 1. The van der Waals surface area contributed by atoms with E-state index in [0.717, 1.165) is 24.2 Å². The van der Waals surface area contributed by atoms with Gasteiger partial charge in [0.15, 0.2) is 0 Å². The van der Waals surface area contributed by atoms with Gasteiger partial charge in [0, 0.05) is 12.1 Å². The van der Waals surface area contributed by atoms with Crippen molar-refractivity contribution in [2.45, 2.75) is 96.8 Å². The summed E-state index contributed by atoms with van der Waals surface area (Å²) in [6.07, 6.45) is 8.73. The Balaban J connectivity index is 1.44. The molecule has 0 aliphatic heterocycles. The SMILES string of the molecule is CC(C)(C)CC(C)(C)NC[C@H](O)COC12CC3CC(CC(C3)C1)C2. The van der Waals surface area contributed by atoms with Crippen LogP contribution in [0.1, 0.15) is 79.6 Å². The van der Waals surface area contributed by atoms with Gasteiger partial charge < -0.3 is 15.2 Å². The molecule has 2 N–H and O–H groups in total. The summed E-state index contributed by atoms with van der Waals surface area (Å²) in [4.78, 5) is 0. The van der Waals surface area contributed by atoms with Crippen molar-refractivity contribution in [2.24, 2.45) is 23.2 Å². The van der Waals surface area contributed by atoms with Gasteiger partial charge in [-0.1, -0.05) is 20.8 Å². The van der Waals surface area contributed by atoms with Gasteiger partial charge >= 0.3 is 0 Å². The first-order chi connectivity index (χ1) is 11.0. The lowest BCUT2D eigenvalue weighted by molar-refractivity contribution is -0.174. The van der Waals surface area contributed by atoms with Crippen LogP contribution in [0.25, 0.3) is 0 Å². The van der Waals surface area contributed by atoms with E-state index in [2.05, 4.69) is 39.9 Å². The lowest BCUT2D eigenvalue weighted by Crippen LogP contribution is -2.53. The molecule has 4 saturated carbocycles. The van der Waals surface area contributed by atoms with Gasteiger partial charge in [0.2, 0.25) is 0 Å². The van der Waals surface area contributed by atoms with Crippen LogP contribution in [0.15, 0.2) is 0 Å². The summed E-state index contributed by atoms with van der Waals surface area (Å²) in [6, 6.07) is 0. The Morgan fingerprint density at radius 2 is 1.50 bits per heavy atom. The van der Waals surface area contributed by atoms with Crippen molar-refractivity contribution in [1.82, 2.24) is 5.32 Å². The standard InChI is InChI=1S/C21H39NO2/c1-19(2,3)14-20(4,5)22-12-18(23)13-24-21-9-15-6-16(10-21)8-17(7-15)11-21/h15-18,22-23H,6-14H2,1-5H3/t15?,16?,17?,18-,21?/m0/s1. The summed E-state index contributed by atoms with van der Waals surface area (Å²) >= 11 is 0. The molecule has 0 aromatic heterocycles. The zero-order valence-corrected chi connectivity index (χ0v) is 16.5. The zero-order valence-electron chi connectivity index (χ0n) is 16.5. The second-order valence-electron chi connectivity index (χ2n) is 11.1. The van der Waals surface area contributed by atoms with E-state index in [1.165, 1.54) is 38.5 Å². The highest BCUT2D eigenvalue weighted by atomic mass is 16.5. The molecular weight excluding hydrogens is 298 g/mol. The highest BCUT2D eigenvalue weighted by Gasteiger charge is 2.51. The Morgan fingerprint density at radius 3 is 1.96 bits per heavy atom. The van der Waals surface area contributed by atoms with Crippen molar-refractivity contribution in [3.8, 4) is 0 Å². The minimum absolute atomic E-state index is 0.0416. The zero-order chi connectivity index (χ0) is 17.6. The van der Waals surface area contributed by atoms with E-state index in [4.69, 9.17) is 4.74 Å². The van der Waals surface area contributed by atoms with Crippen LogP contribution in [-0.2, 0) is 4.74 Å². The summed E-state index contributed by atoms with van der Waals surface area (Å²) in [5.74, 6) is 2.70. The Kier molecular flexibility index (Phi) is 5.10. The van der Waals surface area contributed by atoms with Crippen molar-refractivity contribution in [3.63, 3.8) is 0 Å². The van der Waals surface area contributed by atoms with Crippen LogP contribution in [-0.4, -0.2) is 35.5 Å². The van der Waals surface area contributed by atoms with Gasteiger partial charge in [0.1, 0.15) is 0 Å². The van der Waals surface area contributed by atoms with Crippen LogP contribution >= 0.6 is 0 Å². The minimum atomic E-state index is -0.405. The average Bonchev–Trinajstić information content (AvgIpc) is 2.39. The predicted molar refractivity (Wildman–Crippen MR) is 99.0 cm³/mol. The van der Waals surface area contributed by atoms with E-state index in [1.54, 1.807) is 0 Å². The molecule has 3 nitrogen and oxygen atoms in total. The molecule has 0 aromatic rings. The second-order valence-corrected chi connectivity index (χ2v) is 11.1. The molecule has 4 aliphatic rings. The molecule has 0 saturated heterocycles. The van der Waals surface area contributed by atoms with Crippen LogP contribution < -0.4 is 5.32 Å². The molecule has 4 rings (SSSR count). The topological polar surface area (TPSA) is 41.5 Å². The van der Waals surface area contributed by atoms with Crippen LogP contribution in [0.4, 0.5) is 0 Å². The molecular formula is C21H39NO2. The number of hydrogen-bond acceptors (Lipinski definition) is 3. The molecule has 140 valence electrons. The molecule has 0 unspecified atom stereocenters. The Labute approximate surface area is 148 Å².